The van der Waals surface area contributed by atoms with Crippen LogP contribution in [-0.4, -0.2) is 37.6 Å². The first kappa shape index (κ1) is 12.8. The van der Waals surface area contributed by atoms with Crippen LogP contribution >= 0.6 is 0 Å². The van der Waals surface area contributed by atoms with Gasteiger partial charge in [-0.25, -0.2) is 0 Å². The fourth-order valence-electron chi connectivity index (χ4n) is 2.32. The van der Waals surface area contributed by atoms with Gasteiger partial charge in [-0.3, -0.25) is 9.59 Å². The molecule has 0 radical (unpaired) electrons. The third-order valence-corrected chi connectivity index (χ3v) is 3.59. The second-order valence-electron chi connectivity index (χ2n) is 4.77. The first-order valence-electron chi connectivity index (χ1n) is 6.26. The first-order valence-corrected chi connectivity index (χ1v) is 6.26. The Kier molecular flexibility index (Phi) is 3.82. The lowest BCUT2D eigenvalue weighted by atomic mass is 9.80. The highest BCUT2D eigenvalue weighted by Gasteiger charge is 2.42. The van der Waals surface area contributed by atoms with Gasteiger partial charge in [-0.05, 0) is 25.7 Å². The maximum absolute atomic E-state index is 12.2. The molecule has 2 aliphatic heterocycles. The number of carbonyl (C=O) groups is 2. The van der Waals surface area contributed by atoms with Crippen LogP contribution in [0, 0.1) is 16.7 Å². The van der Waals surface area contributed by atoms with Crippen molar-refractivity contribution < 1.29 is 14.3 Å². The number of nitriles is 1. The summed E-state index contributed by atoms with van der Waals surface area (Å²) >= 11 is 0. The quantitative estimate of drug-likeness (QED) is 0.705. The van der Waals surface area contributed by atoms with Crippen LogP contribution in [0.1, 0.15) is 25.7 Å². The Balaban J connectivity index is 2.01. The van der Waals surface area contributed by atoms with Crippen molar-refractivity contribution >= 4 is 11.8 Å². The molecule has 0 aromatic heterocycles. The fraction of sp³-hybridized carbons (Fsp3) is 0.750. The van der Waals surface area contributed by atoms with E-state index in [9.17, 15) is 14.9 Å². The largest absolute Gasteiger partial charge is 0.381 e. The van der Waals surface area contributed by atoms with Gasteiger partial charge in [0, 0.05) is 19.8 Å². The van der Waals surface area contributed by atoms with Crippen LogP contribution in [0.5, 0.6) is 0 Å². The van der Waals surface area contributed by atoms with Crippen LogP contribution in [0.3, 0.4) is 0 Å². The number of nitrogens with zero attached hydrogens (tertiary/aromatic N) is 1. The number of amides is 2. The van der Waals surface area contributed by atoms with Gasteiger partial charge in [0.15, 0.2) is 0 Å². The van der Waals surface area contributed by atoms with Crippen molar-refractivity contribution in [1.82, 2.24) is 10.6 Å². The number of carbonyl (C=O) groups excluding carboxylic acids is 2. The molecule has 0 aromatic rings. The van der Waals surface area contributed by atoms with Gasteiger partial charge in [0.2, 0.25) is 11.8 Å². The number of rotatable bonds is 2. The molecule has 2 heterocycles. The highest BCUT2D eigenvalue weighted by molar-refractivity contribution is 5.91. The van der Waals surface area contributed by atoms with Crippen molar-refractivity contribution in [3.8, 4) is 6.07 Å². The molecule has 98 valence electrons. The van der Waals surface area contributed by atoms with Gasteiger partial charge in [0.1, 0.15) is 11.5 Å². The first-order chi connectivity index (χ1) is 8.68. The van der Waals surface area contributed by atoms with E-state index in [4.69, 9.17) is 4.74 Å². The maximum atomic E-state index is 12.2. The minimum atomic E-state index is -1.03. The third-order valence-electron chi connectivity index (χ3n) is 3.59. The van der Waals surface area contributed by atoms with Crippen molar-refractivity contribution in [2.45, 2.75) is 31.7 Å². The summed E-state index contributed by atoms with van der Waals surface area (Å²) in [5, 5.41) is 14.7. The van der Waals surface area contributed by atoms with Gasteiger partial charge < -0.3 is 15.4 Å². The summed E-state index contributed by atoms with van der Waals surface area (Å²) in [6.07, 6.45) is 2.27. The van der Waals surface area contributed by atoms with E-state index in [1.807, 2.05) is 0 Å². The van der Waals surface area contributed by atoms with E-state index in [2.05, 4.69) is 16.7 Å². The molecule has 1 unspecified atom stereocenters. The molecule has 1 atom stereocenters. The van der Waals surface area contributed by atoms with E-state index in [1.54, 1.807) is 0 Å². The molecule has 0 aliphatic carbocycles. The Morgan fingerprint density at radius 2 is 2.22 bits per heavy atom. The molecule has 6 heteroatoms. The smallest absolute Gasteiger partial charge is 0.242 e. The van der Waals surface area contributed by atoms with Crippen LogP contribution in [0.4, 0.5) is 0 Å². The van der Waals surface area contributed by atoms with E-state index in [1.165, 1.54) is 0 Å². The Morgan fingerprint density at radius 3 is 2.83 bits per heavy atom. The van der Waals surface area contributed by atoms with Crippen molar-refractivity contribution in [3.63, 3.8) is 0 Å². The topological polar surface area (TPSA) is 91.2 Å². The molecule has 2 rings (SSSR count). The molecule has 2 N–H and O–H groups in total. The van der Waals surface area contributed by atoms with Gasteiger partial charge in [-0.15, -0.1) is 0 Å². The third kappa shape index (κ3) is 2.46. The lowest BCUT2D eigenvalue weighted by molar-refractivity contribution is -0.137. The second-order valence-corrected chi connectivity index (χ2v) is 4.77. The highest BCUT2D eigenvalue weighted by atomic mass is 16.5. The normalized spacial score (nSPS) is 26.8. The van der Waals surface area contributed by atoms with E-state index >= 15 is 0 Å². The molecule has 0 spiro atoms. The maximum Gasteiger partial charge on any atom is 0.242 e. The molecule has 0 bridgehead atoms. The summed E-state index contributed by atoms with van der Waals surface area (Å²) in [5.41, 5.74) is -1.03. The molecule has 18 heavy (non-hydrogen) atoms. The van der Waals surface area contributed by atoms with E-state index in [0.29, 0.717) is 39.0 Å². The van der Waals surface area contributed by atoms with E-state index < -0.39 is 11.5 Å². The number of hydrogen-bond acceptors (Lipinski definition) is 4. The van der Waals surface area contributed by atoms with Gasteiger partial charge in [-0.1, -0.05) is 0 Å². The molecule has 2 aliphatic rings. The minimum absolute atomic E-state index is 0.158. The molecular formula is C12H17N3O3. The number of nitrogens with one attached hydrogen (secondary N) is 2. The van der Waals surface area contributed by atoms with Gasteiger partial charge in [0.05, 0.1) is 6.07 Å². The Hall–Kier alpha value is -1.61. The average molecular weight is 251 g/mol. The number of ether oxygens (including phenoxy) is 1. The monoisotopic (exact) mass is 251 g/mol. The van der Waals surface area contributed by atoms with Crippen molar-refractivity contribution in [2.75, 3.05) is 19.8 Å². The highest BCUT2D eigenvalue weighted by Crippen LogP contribution is 2.30. The minimum Gasteiger partial charge on any atom is -0.381 e. The number of hydrogen-bond donors (Lipinski definition) is 2. The van der Waals surface area contributed by atoms with Crippen molar-refractivity contribution in [3.05, 3.63) is 0 Å². The molecule has 0 saturated carbocycles. The zero-order valence-corrected chi connectivity index (χ0v) is 10.2. The molecular weight excluding hydrogens is 234 g/mol. The predicted molar refractivity (Wildman–Crippen MR) is 62.3 cm³/mol. The van der Waals surface area contributed by atoms with E-state index in [-0.39, 0.29) is 11.8 Å². The SMILES string of the molecule is N#CC1(C(=O)NC2CCCNC2=O)CCOCC1. The summed E-state index contributed by atoms with van der Waals surface area (Å²) in [7, 11) is 0. The van der Waals surface area contributed by atoms with Crippen molar-refractivity contribution in [1.29, 1.82) is 5.26 Å². The van der Waals surface area contributed by atoms with Crippen LogP contribution in [0.25, 0.3) is 0 Å². The van der Waals surface area contributed by atoms with Gasteiger partial charge in [-0.2, -0.15) is 5.26 Å². The Bertz CT molecular complexity index is 383. The van der Waals surface area contributed by atoms with Gasteiger partial charge in [0.25, 0.3) is 0 Å². The molecule has 2 amide bonds. The lowest BCUT2D eigenvalue weighted by Crippen LogP contribution is -2.54. The molecule has 2 fully saturated rings. The standard InChI is InChI=1S/C12H17N3O3/c13-8-12(3-6-18-7-4-12)11(17)15-9-2-1-5-14-10(9)16/h9H,1-7H2,(H,14,16)(H,15,17). The lowest BCUT2D eigenvalue weighted by Gasteiger charge is -2.31. The molecule has 2 saturated heterocycles. The van der Waals surface area contributed by atoms with Crippen molar-refractivity contribution in [2.24, 2.45) is 5.41 Å². The van der Waals surface area contributed by atoms with Crippen LogP contribution in [0.2, 0.25) is 0 Å². The fourth-order valence-corrected chi connectivity index (χ4v) is 2.32. The second kappa shape index (κ2) is 5.36. The van der Waals surface area contributed by atoms with Gasteiger partial charge >= 0.3 is 0 Å². The molecule has 0 aromatic carbocycles. The Labute approximate surface area is 106 Å². The average Bonchev–Trinajstić information content (AvgIpc) is 2.42. The zero-order valence-electron chi connectivity index (χ0n) is 10.2. The summed E-state index contributed by atoms with van der Waals surface area (Å²) in [4.78, 5) is 23.8. The van der Waals surface area contributed by atoms with Crippen LogP contribution in [0.15, 0.2) is 0 Å². The Morgan fingerprint density at radius 1 is 1.50 bits per heavy atom. The summed E-state index contributed by atoms with van der Waals surface area (Å²) in [6, 6.07) is 1.60. The number of piperidine rings is 1. The predicted octanol–water partition coefficient (Wildman–Crippen LogP) is -0.298. The zero-order chi connectivity index (χ0) is 13.0. The summed E-state index contributed by atoms with van der Waals surface area (Å²) in [5.74, 6) is -0.495. The molecule has 6 nitrogen and oxygen atoms in total. The van der Waals surface area contributed by atoms with E-state index in [0.717, 1.165) is 6.42 Å². The van der Waals surface area contributed by atoms with Crippen LogP contribution < -0.4 is 10.6 Å². The summed E-state index contributed by atoms with van der Waals surface area (Å²) in [6.45, 7) is 1.48. The summed E-state index contributed by atoms with van der Waals surface area (Å²) < 4.78 is 5.18. The van der Waals surface area contributed by atoms with Crippen LogP contribution in [-0.2, 0) is 14.3 Å².